The van der Waals surface area contributed by atoms with Crippen molar-refractivity contribution in [2.45, 2.75) is 0 Å². The van der Waals surface area contributed by atoms with Gasteiger partial charge in [-0.2, -0.15) is 0 Å². The molecule has 0 spiro atoms. The third-order valence-electron chi connectivity index (χ3n) is 1.58. The van der Waals surface area contributed by atoms with Crippen molar-refractivity contribution in [1.82, 2.24) is 5.34 Å². The highest BCUT2D eigenvalue weighted by molar-refractivity contribution is 5.75. The minimum absolute atomic E-state index is 0.750. The largest absolute Gasteiger partial charge is 0.264 e. The molecule has 0 atom stereocenters. The van der Waals surface area contributed by atoms with Crippen LogP contribution in [0.4, 0.5) is 0 Å². The Bertz CT molecular complexity index is 210. The Morgan fingerprint density at radius 3 is 1.33 bits per heavy atom. The Hall–Kier alpha value is -0.940. The molecule has 0 aromatic carbocycles. The molecular weight excluding hydrogens is 156 g/mol. The topological polar surface area (TPSA) is 47.7 Å². The van der Waals surface area contributed by atoms with Gasteiger partial charge in [-0.1, -0.05) is 24.3 Å². The second-order valence-corrected chi connectivity index (χ2v) is 2.23. The van der Waals surface area contributed by atoms with Crippen LogP contribution in [0.25, 0.3) is 11.1 Å². The number of hydrazine groups is 1. The van der Waals surface area contributed by atoms with Crippen LogP contribution >= 0.6 is 0 Å². The van der Waals surface area contributed by atoms with Gasteiger partial charge in [-0.25, -0.2) is 5.84 Å². The summed E-state index contributed by atoms with van der Waals surface area (Å²) in [6.07, 6.45) is 0. The summed E-state index contributed by atoms with van der Waals surface area (Å²) in [6.45, 7) is 0. The Kier molecular flexibility index (Phi) is 3.19. The average molecular weight is 168 g/mol. The molecule has 0 aromatic rings. The number of nitrogens with zero attached hydrogens (tertiary/aromatic N) is 1. The molecule has 0 saturated carbocycles. The molecule has 0 fully saturated rings. The smallest absolute Gasteiger partial charge is 0.0616 e. The van der Waals surface area contributed by atoms with Gasteiger partial charge >= 0.3 is 0 Å². The molecule has 0 saturated heterocycles. The van der Waals surface area contributed by atoms with E-state index in [-0.39, 0.29) is 0 Å². The first-order valence-corrected chi connectivity index (χ1v) is 3.51. The van der Waals surface area contributed by atoms with Gasteiger partial charge in [0.2, 0.25) is 0 Å². The summed E-state index contributed by atoms with van der Waals surface area (Å²) in [7, 11) is 2.81. The summed E-state index contributed by atoms with van der Waals surface area (Å²) in [6, 6.07) is 8.48. The van der Waals surface area contributed by atoms with Crippen LogP contribution in [0.15, 0.2) is 24.3 Å². The summed E-state index contributed by atoms with van der Waals surface area (Å²) in [4.78, 5) is 8.58. The van der Waals surface area contributed by atoms with Crippen molar-refractivity contribution in [3.05, 3.63) is 24.3 Å². The van der Waals surface area contributed by atoms with Gasteiger partial charge in [0.25, 0.3) is 0 Å². The molecule has 66 valence electrons. The van der Waals surface area contributed by atoms with Gasteiger partial charge in [-0.15, -0.1) is 0 Å². The number of nitrogens with two attached hydrogens (primary N) is 1. The average Bonchev–Trinajstić information content (AvgIpc) is 2.10. The number of hydrogen-bond donors (Lipinski definition) is 1. The first-order chi connectivity index (χ1) is 5.77. The molecule has 2 aliphatic rings. The van der Waals surface area contributed by atoms with Crippen molar-refractivity contribution >= 4 is 0 Å². The van der Waals surface area contributed by atoms with Crippen molar-refractivity contribution in [3.63, 3.8) is 0 Å². The van der Waals surface area contributed by atoms with E-state index < -0.39 is 0 Å². The van der Waals surface area contributed by atoms with Gasteiger partial charge < -0.3 is 0 Å². The quantitative estimate of drug-likeness (QED) is 0.535. The van der Waals surface area contributed by atoms with Crippen LogP contribution in [0.2, 0.25) is 0 Å². The molecule has 0 bridgehead atoms. The van der Waals surface area contributed by atoms with Crippen LogP contribution in [0.1, 0.15) is 0 Å². The van der Waals surface area contributed by atoms with E-state index in [1.54, 1.807) is 0 Å². The monoisotopic (exact) mass is 168 g/mol. The van der Waals surface area contributed by atoms with Gasteiger partial charge in [0.1, 0.15) is 0 Å². The lowest BCUT2D eigenvalue weighted by Gasteiger charge is -2.10. The van der Waals surface area contributed by atoms with E-state index in [4.69, 9.17) is 5.84 Å². The fourth-order valence-electron chi connectivity index (χ4n) is 0.737. The lowest BCUT2D eigenvalue weighted by atomic mass is 9.95. The van der Waals surface area contributed by atoms with Crippen molar-refractivity contribution < 1.29 is 9.68 Å². The Morgan fingerprint density at radius 1 is 1.00 bits per heavy atom. The SMILES string of the molecule is CON(N)OC.c1cc2ccc1-2. The number of hydrogen-bond acceptors (Lipinski definition) is 4. The van der Waals surface area contributed by atoms with Crippen molar-refractivity contribution in [2.24, 2.45) is 5.84 Å². The van der Waals surface area contributed by atoms with Crippen LogP contribution < -0.4 is 5.84 Å². The third-order valence-corrected chi connectivity index (χ3v) is 1.58. The summed E-state index contributed by atoms with van der Waals surface area (Å²) >= 11 is 0. The molecule has 2 rings (SSSR count). The van der Waals surface area contributed by atoms with Crippen molar-refractivity contribution in [2.75, 3.05) is 14.2 Å². The van der Waals surface area contributed by atoms with Crippen LogP contribution in [0.5, 0.6) is 0 Å². The molecule has 0 aliphatic heterocycles. The van der Waals surface area contributed by atoms with Gasteiger partial charge in [-0.3, -0.25) is 9.68 Å². The molecule has 0 radical (unpaired) electrons. The molecule has 2 aliphatic carbocycles. The summed E-state index contributed by atoms with van der Waals surface area (Å²) in [5.41, 5.74) is 2.85. The molecule has 4 nitrogen and oxygen atoms in total. The molecule has 4 heteroatoms. The third kappa shape index (κ3) is 2.02. The molecule has 2 N–H and O–H groups in total. The zero-order valence-electron chi connectivity index (χ0n) is 7.15. The Morgan fingerprint density at radius 2 is 1.33 bits per heavy atom. The van der Waals surface area contributed by atoms with E-state index in [0.717, 1.165) is 5.34 Å². The van der Waals surface area contributed by atoms with E-state index in [1.165, 1.54) is 25.3 Å². The zero-order valence-corrected chi connectivity index (χ0v) is 7.15. The van der Waals surface area contributed by atoms with Gasteiger partial charge in [0.15, 0.2) is 0 Å². The fraction of sp³-hybridized carbons (Fsp3) is 0.250. The van der Waals surface area contributed by atoms with Gasteiger partial charge in [0.05, 0.1) is 14.2 Å². The summed E-state index contributed by atoms with van der Waals surface area (Å²) in [5, 5.41) is 0.750. The minimum Gasteiger partial charge on any atom is -0.264 e. The molecule has 0 heterocycles. The van der Waals surface area contributed by atoms with E-state index in [0.29, 0.717) is 0 Å². The standard InChI is InChI=1S/C6H4.C2H8N2O2/c1-2-6-4-3-5(1)6;1-5-4(3)6-2/h1-4H;3H2,1-2H3. The number of rotatable bonds is 2. The van der Waals surface area contributed by atoms with E-state index in [9.17, 15) is 0 Å². The predicted octanol–water partition coefficient (Wildman–Crippen LogP) is 0.952. The van der Waals surface area contributed by atoms with E-state index in [1.807, 2.05) is 0 Å². The predicted molar refractivity (Wildman–Crippen MR) is 45.5 cm³/mol. The van der Waals surface area contributed by atoms with E-state index in [2.05, 4.69) is 33.9 Å². The number of fused-ring (bicyclic) bond motifs is 1. The minimum atomic E-state index is 0.750. The van der Waals surface area contributed by atoms with Crippen molar-refractivity contribution in [3.8, 4) is 11.1 Å². The highest BCUT2D eigenvalue weighted by Crippen LogP contribution is 2.29. The molecule has 0 amide bonds. The summed E-state index contributed by atoms with van der Waals surface area (Å²) < 4.78 is 0. The second kappa shape index (κ2) is 4.18. The molecular formula is C8H12N2O2. The van der Waals surface area contributed by atoms with Crippen molar-refractivity contribution in [1.29, 1.82) is 0 Å². The first kappa shape index (κ1) is 9.15. The van der Waals surface area contributed by atoms with Crippen LogP contribution in [0.3, 0.4) is 0 Å². The van der Waals surface area contributed by atoms with Gasteiger partial charge in [0, 0.05) is 5.34 Å². The van der Waals surface area contributed by atoms with Crippen LogP contribution in [-0.2, 0) is 9.68 Å². The molecule has 12 heavy (non-hydrogen) atoms. The maximum absolute atomic E-state index is 4.86. The van der Waals surface area contributed by atoms with Gasteiger partial charge in [-0.05, 0) is 11.1 Å². The molecule has 0 unspecified atom stereocenters. The van der Waals surface area contributed by atoms with Crippen LogP contribution in [0, 0.1) is 0 Å². The second-order valence-electron chi connectivity index (χ2n) is 2.23. The maximum Gasteiger partial charge on any atom is 0.0616 e. The lowest BCUT2D eigenvalue weighted by molar-refractivity contribution is -0.346. The summed E-state index contributed by atoms with van der Waals surface area (Å²) in [5.74, 6) is 4.86. The maximum atomic E-state index is 4.86. The normalized spacial score (nSPS) is 10.7. The van der Waals surface area contributed by atoms with Crippen LogP contribution in [-0.4, -0.2) is 19.6 Å². The first-order valence-electron chi connectivity index (χ1n) is 3.51. The fourth-order valence-corrected chi connectivity index (χ4v) is 0.737. The Labute approximate surface area is 71.4 Å². The highest BCUT2D eigenvalue weighted by Gasteiger charge is 2.03. The Balaban J connectivity index is 0.000000120. The number of benzene rings is 1. The highest BCUT2D eigenvalue weighted by atomic mass is 17.0. The molecule has 0 aromatic heterocycles. The van der Waals surface area contributed by atoms with E-state index >= 15 is 0 Å². The lowest BCUT2D eigenvalue weighted by Crippen LogP contribution is -2.27. The zero-order chi connectivity index (χ0) is 8.97.